The summed E-state index contributed by atoms with van der Waals surface area (Å²) in [6.45, 7) is 5.51. The van der Waals surface area contributed by atoms with Gasteiger partial charge in [-0.15, -0.1) is 0 Å². The quantitative estimate of drug-likeness (QED) is 0.400. The molecule has 6 nitrogen and oxygen atoms in total. The molecule has 0 radical (unpaired) electrons. The minimum absolute atomic E-state index is 0.0257. The summed E-state index contributed by atoms with van der Waals surface area (Å²) in [4.78, 5) is 27.4. The van der Waals surface area contributed by atoms with E-state index in [4.69, 9.17) is 21.4 Å². The molecule has 34 heavy (non-hydrogen) atoms. The van der Waals surface area contributed by atoms with Crippen molar-refractivity contribution >= 4 is 28.5 Å². The van der Waals surface area contributed by atoms with Crippen molar-refractivity contribution in [3.8, 4) is 16.9 Å². The Morgan fingerprint density at radius 1 is 1.15 bits per heavy atom. The number of hydrogen-bond donors (Lipinski definition) is 3. The number of H-pyrrole nitrogens is 1. The number of aromatic nitrogens is 1. The Bertz CT molecular complexity index is 1240. The summed E-state index contributed by atoms with van der Waals surface area (Å²) in [6, 6.07) is 10.00. The van der Waals surface area contributed by atoms with E-state index in [9.17, 15) is 9.59 Å². The van der Waals surface area contributed by atoms with Crippen LogP contribution in [-0.4, -0.2) is 35.3 Å². The summed E-state index contributed by atoms with van der Waals surface area (Å²) < 4.78 is 6.37. The van der Waals surface area contributed by atoms with Gasteiger partial charge >= 0.3 is 5.97 Å². The molecule has 7 heteroatoms. The zero-order valence-corrected chi connectivity index (χ0v) is 20.4. The fourth-order valence-corrected chi connectivity index (χ4v) is 5.03. The number of aryl methyl sites for hydroxylation is 3. The largest absolute Gasteiger partial charge is 0.492 e. The molecule has 0 saturated carbocycles. The van der Waals surface area contributed by atoms with Crippen molar-refractivity contribution in [3.63, 3.8) is 0 Å². The van der Waals surface area contributed by atoms with Crippen LogP contribution in [0.5, 0.6) is 5.75 Å². The van der Waals surface area contributed by atoms with Gasteiger partial charge in [0.25, 0.3) is 5.56 Å². The van der Waals surface area contributed by atoms with Crippen molar-refractivity contribution in [2.45, 2.75) is 58.4 Å². The van der Waals surface area contributed by atoms with Gasteiger partial charge in [-0.3, -0.25) is 9.59 Å². The number of halogens is 1. The van der Waals surface area contributed by atoms with E-state index < -0.39 is 5.97 Å². The summed E-state index contributed by atoms with van der Waals surface area (Å²) >= 11 is 6.43. The minimum atomic E-state index is -0.884. The number of ether oxygens (including phenoxy) is 1. The minimum Gasteiger partial charge on any atom is -0.492 e. The van der Waals surface area contributed by atoms with E-state index in [0.29, 0.717) is 46.5 Å². The average Bonchev–Trinajstić information content (AvgIpc) is 2.77. The van der Waals surface area contributed by atoms with Crippen LogP contribution in [-0.2, 0) is 11.2 Å². The summed E-state index contributed by atoms with van der Waals surface area (Å²) in [6.07, 6.45) is 4.66. The van der Waals surface area contributed by atoms with Gasteiger partial charge < -0.3 is 20.1 Å². The van der Waals surface area contributed by atoms with Crippen LogP contribution in [0.4, 0.5) is 0 Å². The van der Waals surface area contributed by atoms with E-state index in [1.165, 1.54) is 12.8 Å². The summed E-state index contributed by atoms with van der Waals surface area (Å²) in [5.74, 6) is -0.363. The van der Waals surface area contributed by atoms with Gasteiger partial charge in [-0.05, 0) is 69.3 Å². The predicted octanol–water partition coefficient (Wildman–Crippen LogP) is 5.39. The molecule has 2 heterocycles. The van der Waals surface area contributed by atoms with E-state index in [0.717, 1.165) is 41.5 Å². The van der Waals surface area contributed by atoms with Crippen molar-refractivity contribution in [2.24, 2.45) is 0 Å². The normalized spacial score (nSPS) is 16.0. The van der Waals surface area contributed by atoms with Gasteiger partial charge in [0, 0.05) is 22.9 Å². The SMILES string of the molecule is Cc1cc(C)cc(-c2c(OCCC3CCCCN3)c3cc(CCC(=O)O)c(Cl)cc3[nH]c2=O)c1. The number of carboxylic acids is 1. The fourth-order valence-electron chi connectivity index (χ4n) is 4.77. The number of benzene rings is 2. The topological polar surface area (TPSA) is 91.4 Å². The molecule has 0 bridgehead atoms. The number of nitrogens with one attached hydrogen (secondary N) is 2. The van der Waals surface area contributed by atoms with Gasteiger partial charge in [-0.25, -0.2) is 0 Å². The number of pyridine rings is 1. The third kappa shape index (κ3) is 5.62. The highest BCUT2D eigenvalue weighted by atomic mass is 35.5. The molecule has 0 amide bonds. The van der Waals surface area contributed by atoms with E-state index in [1.54, 1.807) is 6.07 Å². The Hall–Kier alpha value is -2.83. The Labute approximate surface area is 204 Å². The maximum Gasteiger partial charge on any atom is 0.303 e. The van der Waals surface area contributed by atoms with Crippen LogP contribution in [0.15, 0.2) is 35.1 Å². The number of rotatable bonds is 8. The Kier molecular flexibility index (Phi) is 7.59. The molecule has 1 saturated heterocycles. The van der Waals surface area contributed by atoms with E-state index in [1.807, 2.05) is 32.0 Å². The van der Waals surface area contributed by atoms with Crippen LogP contribution in [0, 0.1) is 13.8 Å². The van der Waals surface area contributed by atoms with Crippen LogP contribution in [0.3, 0.4) is 0 Å². The molecule has 1 fully saturated rings. The Morgan fingerprint density at radius 2 is 1.91 bits per heavy atom. The van der Waals surface area contributed by atoms with Gasteiger partial charge in [0.15, 0.2) is 0 Å². The van der Waals surface area contributed by atoms with Crippen molar-refractivity contribution in [2.75, 3.05) is 13.2 Å². The molecule has 1 atom stereocenters. The third-order valence-electron chi connectivity index (χ3n) is 6.38. The lowest BCUT2D eigenvalue weighted by Crippen LogP contribution is -2.35. The van der Waals surface area contributed by atoms with Gasteiger partial charge in [0.1, 0.15) is 5.75 Å². The lowest BCUT2D eigenvalue weighted by atomic mass is 9.98. The van der Waals surface area contributed by atoms with Crippen LogP contribution in [0.1, 0.15) is 48.8 Å². The van der Waals surface area contributed by atoms with Gasteiger partial charge in [0.05, 0.1) is 17.7 Å². The molecule has 1 aromatic heterocycles. The molecule has 2 aromatic carbocycles. The van der Waals surface area contributed by atoms with Crippen LogP contribution in [0.2, 0.25) is 5.02 Å². The predicted molar refractivity (Wildman–Crippen MR) is 136 cm³/mol. The Balaban J connectivity index is 1.81. The zero-order chi connectivity index (χ0) is 24.2. The smallest absolute Gasteiger partial charge is 0.303 e. The molecular weight excluding hydrogens is 452 g/mol. The average molecular weight is 483 g/mol. The number of piperidine rings is 1. The van der Waals surface area contributed by atoms with Crippen LogP contribution >= 0.6 is 11.6 Å². The highest BCUT2D eigenvalue weighted by molar-refractivity contribution is 6.32. The first-order chi connectivity index (χ1) is 16.3. The van der Waals surface area contributed by atoms with Crippen molar-refractivity contribution in [3.05, 3.63) is 62.4 Å². The molecular formula is C27H31ClN2O4. The maximum absolute atomic E-state index is 13.3. The van der Waals surface area contributed by atoms with Crippen LogP contribution < -0.4 is 15.6 Å². The monoisotopic (exact) mass is 482 g/mol. The summed E-state index contributed by atoms with van der Waals surface area (Å²) in [5, 5.41) is 13.8. The molecule has 4 rings (SSSR count). The summed E-state index contributed by atoms with van der Waals surface area (Å²) in [7, 11) is 0. The van der Waals surface area contributed by atoms with Crippen molar-refractivity contribution in [1.82, 2.24) is 10.3 Å². The van der Waals surface area contributed by atoms with E-state index >= 15 is 0 Å². The standard InChI is InChI=1S/C27H31ClN2O4/c1-16-11-17(2)13-19(12-16)25-26(34-10-8-20-5-3-4-9-29-20)21-14-18(6-7-24(31)32)22(28)15-23(21)30-27(25)33/h11-15,20,29H,3-10H2,1-2H3,(H,30,33)(H,31,32). The van der Waals surface area contributed by atoms with Crippen molar-refractivity contribution in [1.29, 1.82) is 0 Å². The van der Waals surface area contributed by atoms with Crippen molar-refractivity contribution < 1.29 is 14.6 Å². The number of fused-ring (bicyclic) bond motifs is 1. The number of carbonyl (C=O) groups is 1. The molecule has 1 aliphatic rings. The van der Waals surface area contributed by atoms with Gasteiger partial charge in [0.2, 0.25) is 0 Å². The number of hydrogen-bond acceptors (Lipinski definition) is 4. The second-order valence-electron chi connectivity index (χ2n) is 9.20. The first-order valence-electron chi connectivity index (χ1n) is 11.9. The first-order valence-corrected chi connectivity index (χ1v) is 12.2. The highest BCUT2D eigenvalue weighted by Gasteiger charge is 2.20. The number of carboxylic acid groups (broad SMARTS) is 1. The molecule has 3 aromatic rings. The zero-order valence-electron chi connectivity index (χ0n) is 19.7. The van der Waals surface area contributed by atoms with Gasteiger partial charge in [-0.1, -0.05) is 47.3 Å². The second-order valence-corrected chi connectivity index (χ2v) is 9.61. The lowest BCUT2D eigenvalue weighted by molar-refractivity contribution is -0.136. The first kappa shape index (κ1) is 24.3. The van der Waals surface area contributed by atoms with Crippen LogP contribution in [0.25, 0.3) is 22.0 Å². The molecule has 3 N–H and O–H groups in total. The molecule has 1 unspecified atom stereocenters. The number of aliphatic carboxylic acids is 1. The fraction of sp³-hybridized carbons (Fsp3) is 0.407. The highest BCUT2D eigenvalue weighted by Crippen LogP contribution is 2.37. The van der Waals surface area contributed by atoms with E-state index in [-0.39, 0.29) is 12.0 Å². The molecule has 1 aliphatic heterocycles. The third-order valence-corrected chi connectivity index (χ3v) is 6.73. The summed E-state index contributed by atoms with van der Waals surface area (Å²) in [5.41, 5.74) is 4.46. The molecule has 180 valence electrons. The van der Waals surface area contributed by atoms with Gasteiger partial charge in [-0.2, -0.15) is 0 Å². The second kappa shape index (κ2) is 10.6. The Morgan fingerprint density at radius 3 is 2.59 bits per heavy atom. The van der Waals surface area contributed by atoms with E-state index in [2.05, 4.69) is 16.4 Å². The maximum atomic E-state index is 13.3. The number of aromatic amines is 1. The molecule has 0 aliphatic carbocycles. The molecule has 0 spiro atoms. The lowest BCUT2D eigenvalue weighted by Gasteiger charge is -2.24.